The van der Waals surface area contributed by atoms with Gasteiger partial charge in [-0.15, -0.1) is 0 Å². The van der Waals surface area contributed by atoms with Gasteiger partial charge in [0.05, 0.1) is 30.7 Å². The minimum atomic E-state index is -1.52. The number of hydrogen-bond donors (Lipinski definition) is 1. The summed E-state index contributed by atoms with van der Waals surface area (Å²) < 4.78 is 7.26. The average molecular weight is 518 g/mol. The van der Waals surface area contributed by atoms with Crippen LogP contribution in [0.25, 0.3) is 16.9 Å². The van der Waals surface area contributed by atoms with Gasteiger partial charge in [-0.05, 0) is 41.5 Å². The predicted molar refractivity (Wildman–Crippen MR) is 146 cm³/mol. The second kappa shape index (κ2) is 10.7. The van der Waals surface area contributed by atoms with E-state index in [0.29, 0.717) is 12.1 Å². The fourth-order valence-corrected chi connectivity index (χ4v) is 5.26. The Labute approximate surface area is 226 Å². The highest BCUT2D eigenvalue weighted by Gasteiger charge is 2.36. The third-order valence-electron chi connectivity index (χ3n) is 7.22. The number of rotatable bonds is 7. The van der Waals surface area contributed by atoms with Crippen LogP contribution in [0.1, 0.15) is 27.2 Å². The number of morpholine rings is 1. The van der Waals surface area contributed by atoms with Gasteiger partial charge in [-0.2, -0.15) is 10.4 Å². The Bertz CT molecular complexity index is 1570. The molecule has 0 bridgehead atoms. The van der Waals surface area contributed by atoms with Crippen molar-refractivity contribution in [1.29, 1.82) is 5.26 Å². The normalized spacial score (nSPS) is 15.2. The third kappa shape index (κ3) is 4.86. The van der Waals surface area contributed by atoms with Crippen molar-refractivity contribution >= 4 is 17.4 Å². The van der Waals surface area contributed by atoms with Gasteiger partial charge >= 0.3 is 0 Å². The van der Waals surface area contributed by atoms with Crippen molar-refractivity contribution < 1.29 is 14.3 Å². The maximum absolute atomic E-state index is 13.7. The van der Waals surface area contributed by atoms with Crippen LogP contribution in [0.15, 0.2) is 78.9 Å². The second-order valence-electron chi connectivity index (χ2n) is 9.76. The summed E-state index contributed by atoms with van der Waals surface area (Å²) in [5.74, 6) is -2.78. The van der Waals surface area contributed by atoms with Gasteiger partial charge in [-0.25, -0.2) is 4.68 Å². The van der Waals surface area contributed by atoms with Crippen LogP contribution < -0.4 is 5.32 Å². The first-order chi connectivity index (χ1) is 19.1. The Morgan fingerprint density at radius 1 is 1.00 bits per heavy atom. The summed E-state index contributed by atoms with van der Waals surface area (Å²) in [6.07, 6.45) is 0.509. The lowest BCUT2D eigenvalue weighted by Gasteiger charge is -2.26. The largest absolute Gasteiger partial charge is 0.379 e. The molecule has 1 saturated heterocycles. The van der Waals surface area contributed by atoms with Gasteiger partial charge in [-0.3, -0.25) is 14.5 Å². The highest BCUT2D eigenvalue weighted by Crippen LogP contribution is 2.41. The number of nitriles is 1. The Morgan fingerprint density at radius 2 is 1.72 bits per heavy atom. The van der Waals surface area contributed by atoms with E-state index in [-0.39, 0.29) is 5.69 Å². The highest BCUT2D eigenvalue weighted by molar-refractivity contribution is 6.16. The SMILES string of the molecule is N#CC(C(=O)Nc1ccccc1)C(=O)c1nn(-c2ccccc2)c2c1Cc1ccc(CN3CCOCC3)cc1-2. The molecule has 2 aliphatic rings. The lowest BCUT2D eigenvalue weighted by atomic mass is 9.98. The molecule has 1 aliphatic heterocycles. The van der Waals surface area contributed by atoms with Crippen LogP contribution in [0.4, 0.5) is 5.69 Å². The molecule has 1 aliphatic carbocycles. The molecule has 6 rings (SSSR count). The lowest BCUT2D eigenvalue weighted by Crippen LogP contribution is -2.35. The molecular formula is C31H27N5O3. The molecule has 2 heterocycles. The van der Waals surface area contributed by atoms with Gasteiger partial charge in [0.1, 0.15) is 5.69 Å². The first-order valence-corrected chi connectivity index (χ1v) is 13.0. The van der Waals surface area contributed by atoms with E-state index >= 15 is 0 Å². The van der Waals surface area contributed by atoms with Gasteiger partial charge in [0.15, 0.2) is 5.92 Å². The molecule has 39 heavy (non-hydrogen) atoms. The lowest BCUT2D eigenvalue weighted by molar-refractivity contribution is -0.117. The number of nitrogens with zero attached hydrogens (tertiary/aromatic N) is 4. The van der Waals surface area contributed by atoms with E-state index in [1.807, 2.05) is 42.5 Å². The molecule has 4 aromatic rings. The molecule has 0 saturated carbocycles. The molecule has 1 atom stereocenters. The minimum Gasteiger partial charge on any atom is -0.379 e. The van der Waals surface area contributed by atoms with E-state index < -0.39 is 17.6 Å². The average Bonchev–Trinajstić information content (AvgIpc) is 3.52. The fourth-order valence-electron chi connectivity index (χ4n) is 5.26. The summed E-state index contributed by atoms with van der Waals surface area (Å²) in [6.45, 7) is 4.07. The number of Topliss-reactive ketones (excluding diaryl/α,β-unsaturated/α-hetero) is 1. The molecule has 8 nitrogen and oxygen atoms in total. The van der Waals surface area contributed by atoms with Crippen LogP contribution >= 0.6 is 0 Å². The molecular weight excluding hydrogens is 490 g/mol. The number of aromatic nitrogens is 2. The molecule has 0 spiro atoms. The van der Waals surface area contributed by atoms with Gasteiger partial charge in [0.25, 0.3) is 0 Å². The van der Waals surface area contributed by atoms with Gasteiger partial charge in [-0.1, -0.05) is 48.5 Å². The Morgan fingerprint density at radius 3 is 2.44 bits per heavy atom. The molecule has 1 aromatic heterocycles. The number of fused-ring (bicyclic) bond motifs is 3. The van der Waals surface area contributed by atoms with E-state index in [9.17, 15) is 14.9 Å². The standard InChI is InChI=1S/C31H27N5O3/c32-19-27(31(38)33-23-7-3-1-4-8-23)30(37)28-26-18-22-12-11-21(20-35-13-15-39-16-14-35)17-25(22)29(26)36(34-28)24-9-5-2-6-10-24/h1-12,17,27H,13-16,18,20H2,(H,33,38). The number of para-hydroxylation sites is 2. The second-order valence-corrected chi connectivity index (χ2v) is 9.76. The monoisotopic (exact) mass is 517 g/mol. The number of carbonyl (C=O) groups excluding carboxylic acids is 2. The number of ether oxygens (including phenoxy) is 1. The van der Waals surface area contributed by atoms with Gasteiger partial charge in [0, 0.05) is 42.9 Å². The smallest absolute Gasteiger partial charge is 0.249 e. The van der Waals surface area contributed by atoms with Crippen LogP contribution in [-0.2, 0) is 22.5 Å². The van der Waals surface area contributed by atoms with Crippen LogP contribution in [-0.4, -0.2) is 52.7 Å². The fraction of sp³-hybridized carbons (Fsp3) is 0.226. The van der Waals surface area contributed by atoms with E-state index in [2.05, 4.69) is 28.4 Å². The van der Waals surface area contributed by atoms with Crippen molar-refractivity contribution in [1.82, 2.24) is 14.7 Å². The Kier molecular flexibility index (Phi) is 6.76. The number of anilines is 1. The minimum absolute atomic E-state index is 0.162. The van der Waals surface area contributed by atoms with Crippen molar-refractivity contribution in [2.24, 2.45) is 5.92 Å². The Balaban J connectivity index is 1.38. The van der Waals surface area contributed by atoms with Crippen LogP contribution in [0.3, 0.4) is 0 Å². The summed E-state index contributed by atoms with van der Waals surface area (Å²) in [6, 6.07) is 26.8. The summed E-state index contributed by atoms with van der Waals surface area (Å²) in [5, 5.41) is 17.3. The van der Waals surface area contributed by atoms with Crippen molar-refractivity contribution in [2.45, 2.75) is 13.0 Å². The molecule has 0 radical (unpaired) electrons. The van der Waals surface area contributed by atoms with Crippen molar-refractivity contribution in [3.05, 3.63) is 101 Å². The van der Waals surface area contributed by atoms with Crippen LogP contribution in [0, 0.1) is 17.2 Å². The molecule has 194 valence electrons. The topological polar surface area (TPSA) is 100 Å². The summed E-state index contributed by atoms with van der Waals surface area (Å²) in [4.78, 5) is 29.1. The summed E-state index contributed by atoms with van der Waals surface area (Å²) in [5.41, 5.74) is 6.36. The highest BCUT2D eigenvalue weighted by atomic mass is 16.5. The third-order valence-corrected chi connectivity index (χ3v) is 7.22. The van der Waals surface area contributed by atoms with Crippen LogP contribution in [0.2, 0.25) is 0 Å². The zero-order valence-corrected chi connectivity index (χ0v) is 21.3. The van der Waals surface area contributed by atoms with E-state index in [1.54, 1.807) is 28.9 Å². The number of carbonyl (C=O) groups is 2. The molecule has 1 N–H and O–H groups in total. The van der Waals surface area contributed by atoms with E-state index in [4.69, 9.17) is 9.84 Å². The Hall–Kier alpha value is -4.58. The molecule has 1 amide bonds. The zero-order chi connectivity index (χ0) is 26.8. The molecule has 8 heteroatoms. The number of nitrogens with one attached hydrogen (secondary N) is 1. The van der Waals surface area contributed by atoms with Crippen molar-refractivity contribution in [3.8, 4) is 23.0 Å². The number of hydrogen-bond acceptors (Lipinski definition) is 6. The maximum Gasteiger partial charge on any atom is 0.249 e. The molecule has 3 aromatic carbocycles. The quantitative estimate of drug-likeness (QED) is 0.256. The van der Waals surface area contributed by atoms with Crippen LogP contribution in [0.5, 0.6) is 0 Å². The first-order valence-electron chi connectivity index (χ1n) is 13.0. The predicted octanol–water partition coefficient (Wildman–Crippen LogP) is 4.24. The van der Waals surface area contributed by atoms with Gasteiger partial charge < -0.3 is 10.1 Å². The summed E-state index contributed by atoms with van der Waals surface area (Å²) >= 11 is 0. The molecule has 1 unspecified atom stereocenters. The van der Waals surface area contributed by atoms with E-state index in [0.717, 1.165) is 60.9 Å². The van der Waals surface area contributed by atoms with Gasteiger partial charge in [0.2, 0.25) is 11.7 Å². The number of benzene rings is 3. The van der Waals surface area contributed by atoms with Crippen molar-refractivity contribution in [2.75, 3.05) is 31.6 Å². The summed E-state index contributed by atoms with van der Waals surface area (Å²) in [7, 11) is 0. The number of ketones is 1. The molecule has 1 fully saturated rings. The maximum atomic E-state index is 13.7. The first kappa shape index (κ1) is 24.7. The van der Waals surface area contributed by atoms with E-state index in [1.165, 1.54) is 5.56 Å². The van der Waals surface area contributed by atoms with Crippen molar-refractivity contribution in [3.63, 3.8) is 0 Å². The number of amides is 1. The zero-order valence-electron chi connectivity index (χ0n) is 21.3.